The van der Waals surface area contributed by atoms with Crippen LogP contribution in [0.2, 0.25) is 0 Å². The lowest BCUT2D eigenvalue weighted by molar-refractivity contribution is 0.419. The third kappa shape index (κ3) is 1.40. The number of rotatable bonds is 1. The van der Waals surface area contributed by atoms with Crippen LogP contribution >= 0.6 is 15.9 Å². The molecule has 0 aliphatic carbocycles. The van der Waals surface area contributed by atoms with Crippen molar-refractivity contribution in [1.82, 2.24) is 0 Å². The first-order valence-electron chi connectivity index (χ1n) is 4.46. The van der Waals surface area contributed by atoms with Gasteiger partial charge in [0.25, 0.3) is 0 Å². The predicted molar refractivity (Wildman–Crippen MR) is 62.9 cm³/mol. The van der Waals surface area contributed by atoms with Gasteiger partial charge in [0.1, 0.15) is 5.75 Å². The number of fused-ring (bicyclic) bond motifs is 1. The number of ether oxygens (including phenoxy) is 1. The highest BCUT2D eigenvalue weighted by Crippen LogP contribution is 2.33. The van der Waals surface area contributed by atoms with Gasteiger partial charge in [-0.2, -0.15) is 0 Å². The molecular formula is C12H11BrO. The van der Waals surface area contributed by atoms with Crippen LogP contribution in [0.15, 0.2) is 34.8 Å². The first-order valence-corrected chi connectivity index (χ1v) is 5.25. The van der Waals surface area contributed by atoms with E-state index in [4.69, 9.17) is 4.74 Å². The Morgan fingerprint density at radius 2 is 1.79 bits per heavy atom. The van der Waals surface area contributed by atoms with Crippen LogP contribution in [-0.4, -0.2) is 7.11 Å². The summed E-state index contributed by atoms with van der Waals surface area (Å²) in [4.78, 5) is 0. The van der Waals surface area contributed by atoms with Crippen LogP contribution < -0.4 is 4.74 Å². The molecule has 1 nitrogen and oxygen atoms in total. The monoisotopic (exact) mass is 250 g/mol. The second-order valence-electron chi connectivity index (χ2n) is 3.23. The molecule has 2 aromatic carbocycles. The van der Waals surface area contributed by atoms with Gasteiger partial charge in [-0.25, -0.2) is 0 Å². The van der Waals surface area contributed by atoms with Gasteiger partial charge in [0.15, 0.2) is 0 Å². The molecule has 0 atom stereocenters. The maximum atomic E-state index is 5.33. The first kappa shape index (κ1) is 9.53. The van der Waals surface area contributed by atoms with E-state index < -0.39 is 0 Å². The molecule has 0 aliphatic rings. The van der Waals surface area contributed by atoms with Crippen molar-refractivity contribution < 1.29 is 4.74 Å². The Balaban J connectivity index is 2.89. The summed E-state index contributed by atoms with van der Waals surface area (Å²) in [5, 5.41) is 2.40. The van der Waals surface area contributed by atoms with E-state index in [0.717, 1.165) is 15.6 Å². The molecule has 0 fully saturated rings. The minimum Gasteiger partial charge on any atom is -0.496 e. The second-order valence-corrected chi connectivity index (χ2v) is 4.09. The average Bonchev–Trinajstić information content (AvgIpc) is 2.23. The van der Waals surface area contributed by atoms with Crippen molar-refractivity contribution in [3.63, 3.8) is 0 Å². The Hall–Kier alpha value is -1.02. The highest BCUT2D eigenvalue weighted by molar-refractivity contribution is 9.10. The lowest BCUT2D eigenvalue weighted by atomic mass is 10.1. The molecule has 0 aromatic heterocycles. The van der Waals surface area contributed by atoms with Gasteiger partial charge in [-0.3, -0.25) is 0 Å². The van der Waals surface area contributed by atoms with Crippen LogP contribution in [0.1, 0.15) is 5.56 Å². The van der Waals surface area contributed by atoms with Crippen molar-refractivity contribution >= 4 is 26.7 Å². The molecule has 0 saturated carbocycles. The molecule has 2 heteroatoms. The van der Waals surface area contributed by atoms with E-state index in [9.17, 15) is 0 Å². The highest BCUT2D eigenvalue weighted by Gasteiger charge is 2.06. The maximum Gasteiger partial charge on any atom is 0.127 e. The van der Waals surface area contributed by atoms with Gasteiger partial charge in [-0.15, -0.1) is 0 Å². The third-order valence-corrected chi connectivity index (χ3v) is 3.26. The average molecular weight is 251 g/mol. The molecule has 0 amide bonds. The summed E-state index contributed by atoms with van der Waals surface area (Å²) in [6, 6.07) is 10.3. The normalized spacial score (nSPS) is 10.5. The molecule has 0 saturated heterocycles. The van der Waals surface area contributed by atoms with E-state index in [1.807, 2.05) is 18.2 Å². The smallest absolute Gasteiger partial charge is 0.127 e. The Labute approximate surface area is 91.8 Å². The molecule has 0 bridgehead atoms. The summed E-state index contributed by atoms with van der Waals surface area (Å²) in [6.45, 7) is 2.10. The number of hydrogen-bond donors (Lipinski definition) is 0. The van der Waals surface area contributed by atoms with Crippen LogP contribution in [-0.2, 0) is 0 Å². The number of halogens is 1. The molecule has 0 aliphatic heterocycles. The fourth-order valence-corrected chi connectivity index (χ4v) is 2.05. The van der Waals surface area contributed by atoms with E-state index >= 15 is 0 Å². The Morgan fingerprint density at radius 1 is 1.14 bits per heavy atom. The molecule has 0 unspecified atom stereocenters. The van der Waals surface area contributed by atoms with Crippen LogP contribution in [0.4, 0.5) is 0 Å². The van der Waals surface area contributed by atoms with Gasteiger partial charge in [0.2, 0.25) is 0 Å². The number of methoxy groups -OCH3 is 1. The van der Waals surface area contributed by atoms with Crippen LogP contribution in [0.25, 0.3) is 10.8 Å². The van der Waals surface area contributed by atoms with Crippen molar-refractivity contribution in [2.24, 2.45) is 0 Å². The topological polar surface area (TPSA) is 9.23 Å². The standard InChI is InChI=1S/C12H11BrO/c1-8-9-5-3-4-6-10(9)12(14-2)7-11(8)13/h3-7H,1-2H3. The zero-order valence-electron chi connectivity index (χ0n) is 8.17. The molecular weight excluding hydrogens is 240 g/mol. The summed E-state index contributed by atoms with van der Waals surface area (Å²) >= 11 is 3.53. The molecule has 14 heavy (non-hydrogen) atoms. The zero-order chi connectivity index (χ0) is 10.1. The summed E-state index contributed by atoms with van der Waals surface area (Å²) in [5.41, 5.74) is 1.25. The molecule has 0 N–H and O–H groups in total. The maximum absolute atomic E-state index is 5.33. The van der Waals surface area contributed by atoms with Crippen molar-refractivity contribution in [2.75, 3.05) is 7.11 Å². The van der Waals surface area contributed by atoms with E-state index in [1.165, 1.54) is 10.9 Å². The SMILES string of the molecule is COc1cc(Br)c(C)c2ccccc12. The van der Waals surface area contributed by atoms with Crippen molar-refractivity contribution in [2.45, 2.75) is 6.92 Å². The van der Waals surface area contributed by atoms with E-state index in [1.54, 1.807) is 7.11 Å². The van der Waals surface area contributed by atoms with Crippen LogP contribution in [0, 0.1) is 6.92 Å². The molecule has 2 rings (SSSR count). The molecule has 0 spiro atoms. The fourth-order valence-electron chi connectivity index (χ4n) is 1.62. The predicted octanol–water partition coefficient (Wildman–Crippen LogP) is 3.92. The van der Waals surface area contributed by atoms with Crippen LogP contribution in [0.5, 0.6) is 5.75 Å². The second kappa shape index (κ2) is 3.62. The van der Waals surface area contributed by atoms with Crippen molar-refractivity contribution in [3.05, 3.63) is 40.4 Å². The number of aryl methyl sites for hydroxylation is 1. The Kier molecular flexibility index (Phi) is 2.46. The Morgan fingerprint density at radius 3 is 2.43 bits per heavy atom. The largest absolute Gasteiger partial charge is 0.496 e. The number of hydrogen-bond acceptors (Lipinski definition) is 1. The van der Waals surface area contributed by atoms with Gasteiger partial charge >= 0.3 is 0 Å². The lowest BCUT2D eigenvalue weighted by Crippen LogP contribution is -1.88. The van der Waals surface area contributed by atoms with Gasteiger partial charge in [0.05, 0.1) is 7.11 Å². The van der Waals surface area contributed by atoms with Crippen molar-refractivity contribution in [1.29, 1.82) is 0 Å². The fraction of sp³-hybridized carbons (Fsp3) is 0.167. The summed E-state index contributed by atoms with van der Waals surface area (Å²) in [7, 11) is 1.70. The van der Waals surface area contributed by atoms with E-state index in [0.29, 0.717) is 0 Å². The van der Waals surface area contributed by atoms with Crippen molar-refractivity contribution in [3.8, 4) is 5.75 Å². The summed E-state index contributed by atoms with van der Waals surface area (Å²) < 4.78 is 6.42. The third-order valence-electron chi connectivity index (χ3n) is 2.43. The highest BCUT2D eigenvalue weighted by atomic mass is 79.9. The zero-order valence-corrected chi connectivity index (χ0v) is 9.76. The van der Waals surface area contributed by atoms with Gasteiger partial charge in [-0.1, -0.05) is 40.2 Å². The first-order chi connectivity index (χ1) is 6.74. The summed E-state index contributed by atoms with van der Waals surface area (Å²) in [5.74, 6) is 0.915. The van der Waals surface area contributed by atoms with Gasteiger partial charge in [-0.05, 0) is 23.9 Å². The molecule has 0 radical (unpaired) electrons. The minimum absolute atomic E-state index is 0.915. The summed E-state index contributed by atoms with van der Waals surface area (Å²) in [6.07, 6.45) is 0. The number of benzene rings is 2. The van der Waals surface area contributed by atoms with Gasteiger partial charge < -0.3 is 4.74 Å². The quantitative estimate of drug-likeness (QED) is 0.746. The lowest BCUT2D eigenvalue weighted by Gasteiger charge is -2.09. The minimum atomic E-state index is 0.915. The van der Waals surface area contributed by atoms with E-state index in [2.05, 4.69) is 35.0 Å². The van der Waals surface area contributed by atoms with Crippen LogP contribution in [0.3, 0.4) is 0 Å². The Bertz CT molecular complexity index is 477. The molecule has 2 aromatic rings. The van der Waals surface area contributed by atoms with Gasteiger partial charge in [0, 0.05) is 9.86 Å². The van der Waals surface area contributed by atoms with E-state index in [-0.39, 0.29) is 0 Å². The molecule has 0 heterocycles. The molecule has 72 valence electrons.